The summed E-state index contributed by atoms with van der Waals surface area (Å²) >= 11 is 0. The third-order valence-corrected chi connectivity index (χ3v) is 7.88. The van der Waals surface area contributed by atoms with Crippen LogP contribution in [0.5, 0.6) is 0 Å². The molecule has 0 atom stereocenters. The highest BCUT2D eigenvalue weighted by atomic mass is 16.3. The Bertz CT molecular complexity index is 2110. The van der Waals surface area contributed by atoms with Crippen LogP contribution >= 0.6 is 0 Å². The zero-order valence-electron chi connectivity index (χ0n) is 21.3. The van der Waals surface area contributed by atoms with E-state index in [0.717, 1.165) is 16.6 Å². The van der Waals surface area contributed by atoms with Gasteiger partial charge >= 0.3 is 0 Å². The molecule has 0 aliphatic carbocycles. The Labute approximate surface area is 226 Å². The van der Waals surface area contributed by atoms with Crippen LogP contribution in [0.4, 0.5) is 0 Å². The predicted octanol–water partition coefficient (Wildman–Crippen LogP) is 10.9. The molecule has 0 aliphatic rings. The molecule has 0 spiro atoms. The van der Waals surface area contributed by atoms with Gasteiger partial charge in [-0.1, -0.05) is 133 Å². The van der Waals surface area contributed by atoms with Gasteiger partial charge in [0.25, 0.3) is 0 Å². The summed E-state index contributed by atoms with van der Waals surface area (Å²) in [4.78, 5) is 0. The van der Waals surface area contributed by atoms with Gasteiger partial charge in [-0.2, -0.15) is 0 Å². The van der Waals surface area contributed by atoms with Crippen LogP contribution in [0, 0.1) is 0 Å². The van der Waals surface area contributed by atoms with Crippen LogP contribution < -0.4 is 0 Å². The van der Waals surface area contributed by atoms with E-state index in [1.807, 2.05) is 6.07 Å². The van der Waals surface area contributed by atoms with Crippen molar-refractivity contribution in [2.45, 2.75) is 0 Å². The molecule has 1 heteroatoms. The molecular formula is C38H24O. The average Bonchev–Trinajstić information content (AvgIpc) is 3.39. The normalized spacial score (nSPS) is 11.6. The second kappa shape index (κ2) is 8.72. The summed E-state index contributed by atoms with van der Waals surface area (Å²) in [5.41, 5.74) is 9.27. The molecule has 39 heavy (non-hydrogen) atoms. The molecule has 1 heterocycles. The molecule has 1 nitrogen and oxygen atoms in total. The quantitative estimate of drug-likeness (QED) is 0.222. The van der Waals surface area contributed by atoms with Gasteiger partial charge in [0.05, 0.1) is 0 Å². The topological polar surface area (TPSA) is 13.1 Å². The van der Waals surface area contributed by atoms with Crippen molar-refractivity contribution in [3.63, 3.8) is 0 Å². The van der Waals surface area contributed by atoms with Crippen LogP contribution in [-0.2, 0) is 0 Å². The van der Waals surface area contributed by atoms with E-state index in [-0.39, 0.29) is 0 Å². The van der Waals surface area contributed by atoms with Gasteiger partial charge in [-0.3, -0.25) is 0 Å². The summed E-state index contributed by atoms with van der Waals surface area (Å²) in [5.74, 6) is 0. The molecule has 0 fully saturated rings. The van der Waals surface area contributed by atoms with Gasteiger partial charge in [-0.05, 0) is 67.1 Å². The van der Waals surface area contributed by atoms with E-state index in [4.69, 9.17) is 4.42 Å². The Kier molecular flexibility index (Phi) is 4.89. The molecule has 0 bridgehead atoms. The van der Waals surface area contributed by atoms with Gasteiger partial charge in [0.2, 0.25) is 0 Å². The van der Waals surface area contributed by atoms with Gasteiger partial charge in [0, 0.05) is 10.8 Å². The fourth-order valence-electron chi connectivity index (χ4n) is 6.26. The molecule has 0 radical (unpaired) electrons. The summed E-state index contributed by atoms with van der Waals surface area (Å²) in [5, 5.41) is 7.30. The second-order valence-electron chi connectivity index (χ2n) is 10.0. The summed E-state index contributed by atoms with van der Waals surface area (Å²) in [6.45, 7) is 0. The Morgan fingerprint density at radius 2 is 0.769 bits per heavy atom. The third kappa shape index (κ3) is 3.34. The Morgan fingerprint density at radius 3 is 1.44 bits per heavy atom. The van der Waals surface area contributed by atoms with Gasteiger partial charge < -0.3 is 4.42 Å². The molecule has 0 aliphatic heterocycles. The number of benzene rings is 7. The zero-order chi connectivity index (χ0) is 25.8. The Morgan fingerprint density at radius 1 is 0.308 bits per heavy atom. The molecule has 0 saturated heterocycles. The summed E-state index contributed by atoms with van der Waals surface area (Å²) in [6, 6.07) is 52.0. The maximum atomic E-state index is 6.30. The predicted molar refractivity (Wildman–Crippen MR) is 165 cm³/mol. The number of para-hydroxylation sites is 1. The van der Waals surface area contributed by atoms with Gasteiger partial charge in [-0.15, -0.1) is 0 Å². The molecule has 7 aromatic carbocycles. The highest BCUT2D eigenvalue weighted by Crippen LogP contribution is 2.48. The van der Waals surface area contributed by atoms with Crippen LogP contribution in [0.15, 0.2) is 150 Å². The van der Waals surface area contributed by atoms with E-state index in [1.165, 1.54) is 60.3 Å². The molecule has 8 rings (SSSR count). The molecule has 8 aromatic rings. The van der Waals surface area contributed by atoms with Crippen molar-refractivity contribution in [2.75, 3.05) is 0 Å². The monoisotopic (exact) mass is 496 g/mol. The average molecular weight is 497 g/mol. The van der Waals surface area contributed by atoms with Crippen LogP contribution in [0.3, 0.4) is 0 Å². The molecule has 182 valence electrons. The standard InChI is InChI=1S/C38H24O/c1-2-13-25(14-3-1)26-15-4-5-16-27(26)36-28-17-6-8-19-30(28)37(31-20-9-7-18-29(31)36)33-22-12-24-35-38(33)32-21-10-11-23-34(32)39-35/h1-24H. The fourth-order valence-corrected chi connectivity index (χ4v) is 6.26. The SMILES string of the molecule is c1ccc(-c2ccccc2-c2c3ccccc3c(-c3cccc4oc5ccccc5c34)c3ccccc23)cc1. The number of fused-ring (bicyclic) bond motifs is 5. The smallest absolute Gasteiger partial charge is 0.136 e. The molecule has 0 unspecified atom stereocenters. The van der Waals surface area contributed by atoms with Crippen molar-refractivity contribution in [3.8, 4) is 33.4 Å². The van der Waals surface area contributed by atoms with Gasteiger partial charge in [0.15, 0.2) is 0 Å². The van der Waals surface area contributed by atoms with Crippen LogP contribution in [0.1, 0.15) is 0 Å². The van der Waals surface area contributed by atoms with Crippen LogP contribution in [-0.4, -0.2) is 0 Å². The number of hydrogen-bond donors (Lipinski definition) is 0. The van der Waals surface area contributed by atoms with Crippen LogP contribution in [0.25, 0.3) is 76.9 Å². The first kappa shape index (κ1) is 21.9. The number of furan rings is 1. The third-order valence-electron chi connectivity index (χ3n) is 7.88. The lowest BCUT2D eigenvalue weighted by Gasteiger charge is -2.20. The van der Waals surface area contributed by atoms with E-state index in [9.17, 15) is 0 Å². The molecule has 1 aromatic heterocycles. The second-order valence-corrected chi connectivity index (χ2v) is 10.0. The lowest BCUT2D eigenvalue weighted by molar-refractivity contribution is 0.669. The summed E-state index contributed by atoms with van der Waals surface area (Å²) in [6.07, 6.45) is 0. The molecule has 0 N–H and O–H groups in total. The fraction of sp³-hybridized carbons (Fsp3) is 0. The Hall–Kier alpha value is -5.14. The summed E-state index contributed by atoms with van der Waals surface area (Å²) < 4.78 is 6.30. The maximum absolute atomic E-state index is 6.30. The largest absolute Gasteiger partial charge is 0.456 e. The lowest BCUT2D eigenvalue weighted by Crippen LogP contribution is -1.93. The summed E-state index contributed by atoms with van der Waals surface area (Å²) in [7, 11) is 0. The van der Waals surface area contributed by atoms with Crippen molar-refractivity contribution >= 4 is 43.5 Å². The van der Waals surface area contributed by atoms with E-state index in [2.05, 4.69) is 140 Å². The highest BCUT2D eigenvalue weighted by molar-refractivity contribution is 6.26. The number of rotatable bonds is 3. The van der Waals surface area contributed by atoms with Crippen molar-refractivity contribution in [3.05, 3.63) is 146 Å². The maximum Gasteiger partial charge on any atom is 0.136 e. The highest BCUT2D eigenvalue weighted by Gasteiger charge is 2.21. The minimum atomic E-state index is 0.917. The van der Waals surface area contributed by atoms with E-state index >= 15 is 0 Å². The minimum absolute atomic E-state index is 0.917. The van der Waals surface area contributed by atoms with Crippen LogP contribution in [0.2, 0.25) is 0 Å². The van der Waals surface area contributed by atoms with Crippen molar-refractivity contribution in [2.24, 2.45) is 0 Å². The number of hydrogen-bond acceptors (Lipinski definition) is 1. The van der Waals surface area contributed by atoms with Crippen molar-refractivity contribution in [1.82, 2.24) is 0 Å². The molecular weight excluding hydrogens is 472 g/mol. The van der Waals surface area contributed by atoms with Gasteiger partial charge in [0.1, 0.15) is 11.2 Å². The minimum Gasteiger partial charge on any atom is -0.456 e. The molecule has 0 saturated carbocycles. The van der Waals surface area contributed by atoms with Gasteiger partial charge in [-0.25, -0.2) is 0 Å². The Balaban J connectivity index is 1.54. The first-order valence-corrected chi connectivity index (χ1v) is 13.4. The van der Waals surface area contributed by atoms with Crippen molar-refractivity contribution < 1.29 is 4.42 Å². The van der Waals surface area contributed by atoms with E-state index < -0.39 is 0 Å². The molecule has 0 amide bonds. The van der Waals surface area contributed by atoms with E-state index in [0.29, 0.717) is 0 Å². The van der Waals surface area contributed by atoms with Crippen molar-refractivity contribution in [1.29, 1.82) is 0 Å². The zero-order valence-corrected chi connectivity index (χ0v) is 21.3. The van der Waals surface area contributed by atoms with E-state index in [1.54, 1.807) is 0 Å². The lowest BCUT2D eigenvalue weighted by atomic mass is 9.83. The first-order chi connectivity index (χ1) is 19.4. The first-order valence-electron chi connectivity index (χ1n) is 13.4.